The first-order valence-corrected chi connectivity index (χ1v) is 11.2. The van der Waals surface area contributed by atoms with Crippen LogP contribution < -0.4 is 15.5 Å². The highest BCUT2D eigenvalue weighted by molar-refractivity contribution is 5.67. The number of aryl methyl sites for hydroxylation is 1. The molecule has 1 aliphatic heterocycles. The maximum Gasteiger partial charge on any atom is 0.131 e. The average molecular weight is 467 g/mol. The van der Waals surface area contributed by atoms with Gasteiger partial charge in [0, 0.05) is 62.9 Å². The van der Waals surface area contributed by atoms with Crippen molar-refractivity contribution in [2.75, 3.05) is 13.6 Å². The van der Waals surface area contributed by atoms with Crippen LogP contribution in [0.25, 0.3) is 11.3 Å². The summed E-state index contributed by atoms with van der Waals surface area (Å²) >= 11 is 0. The summed E-state index contributed by atoms with van der Waals surface area (Å²) in [5.41, 5.74) is 8.03. The van der Waals surface area contributed by atoms with E-state index in [0.717, 1.165) is 28.5 Å². The van der Waals surface area contributed by atoms with Gasteiger partial charge in [0.2, 0.25) is 0 Å². The van der Waals surface area contributed by atoms with Gasteiger partial charge in [-0.25, -0.2) is 14.2 Å². The highest BCUT2D eigenvalue weighted by atomic mass is 19.1. The molecular weight excluding hydrogens is 434 g/mol. The molecule has 0 aliphatic carbocycles. The van der Waals surface area contributed by atoms with Gasteiger partial charge in [-0.05, 0) is 42.3 Å². The van der Waals surface area contributed by atoms with Crippen LogP contribution in [-0.4, -0.2) is 23.6 Å². The Morgan fingerprint density at radius 2 is 1.88 bits per heavy atom. The molecule has 0 fully saturated rings. The minimum absolute atomic E-state index is 0. The molecule has 2 aromatic carbocycles. The Bertz CT molecular complexity index is 1180. The van der Waals surface area contributed by atoms with E-state index in [1.165, 1.54) is 12.1 Å². The second kappa shape index (κ2) is 11.4. The Labute approximate surface area is 201 Å². The van der Waals surface area contributed by atoms with E-state index in [4.69, 9.17) is 4.74 Å². The number of ether oxygens (including phenoxy) is 1. The molecule has 0 bridgehead atoms. The number of nitrogens with one attached hydrogen (secondary N) is 2. The molecule has 2 heterocycles. The third kappa shape index (κ3) is 6.42. The van der Waals surface area contributed by atoms with Gasteiger partial charge in [0.25, 0.3) is 0 Å². The standard InChI is InChI=1S/C25H24F2N4O.C2H6.H2/c1-16-4-5-19(17(2)29-13-18-8-21(26)11-22(27)9-18)10-25(16)32-23-6-7-28-24(12-23)20-14-30-31(3)15-20;1-2;/h4-12,15,29-30H,2,13-14H2,1,3H3;1-2H3;1H. The molecule has 0 spiro atoms. The maximum atomic E-state index is 13.4. The minimum atomic E-state index is -0.606. The van der Waals surface area contributed by atoms with Gasteiger partial charge in [0.1, 0.15) is 23.1 Å². The number of benzene rings is 2. The molecule has 5 nitrogen and oxygen atoms in total. The predicted octanol–water partition coefficient (Wildman–Crippen LogP) is 6.28. The first kappa shape index (κ1) is 24.9. The van der Waals surface area contributed by atoms with Gasteiger partial charge in [-0.3, -0.25) is 4.98 Å². The van der Waals surface area contributed by atoms with Gasteiger partial charge in [-0.1, -0.05) is 32.6 Å². The molecule has 7 heteroatoms. The molecule has 2 N–H and O–H groups in total. The molecule has 0 unspecified atom stereocenters. The van der Waals surface area contributed by atoms with Crippen molar-refractivity contribution in [3.63, 3.8) is 0 Å². The van der Waals surface area contributed by atoms with E-state index in [1.54, 1.807) is 6.20 Å². The molecule has 0 saturated heterocycles. The summed E-state index contributed by atoms with van der Waals surface area (Å²) in [5, 5.41) is 5.02. The average Bonchev–Trinajstić information content (AvgIpc) is 3.26. The normalized spacial score (nSPS) is 12.5. The summed E-state index contributed by atoms with van der Waals surface area (Å²) in [6.45, 7) is 11.0. The maximum absolute atomic E-state index is 13.4. The summed E-state index contributed by atoms with van der Waals surface area (Å²) in [5.74, 6) is 0.159. The summed E-state index contributed by atoms with van der Waals surface area (Å²) in [6.07, 6.45) is 3.72. The van der Waals surface area contributed by atoms with Crippen molar-refractivity contribution in [2.45, 2.75) is 27.3 Å². The third-order valence-corrected chi connectivity index (χ3v) is 5.12. The molecule has 0 radical (unpaired) electrons. The highest BCUT2D eigenvalue weighted by Gasteiger charge is 2.13. The van der Waals surface area contributed by atoms with Crippen LogP contribution in [0.5, 0.6) is 11.5 Å². The fourth-order valence-corrected chi connectivity index (χ4v) is 3.39. The number of hydrogen-bond acceptors (Lipinski definition) is 5. The summed E-state index contributed by atoms with van der Waals surface area (Å²) in [6, 6.07) is 12.9. The molecule has 1 aromatic heterocycles. The van der Waals surface area contributed by atoms with Gasteiger partial charge in [-0.2, -0.15) is 0 Å². The lowest BCUT2D eigenvalue weighted by Gasteiger charge is -2.14. The van der Waals surface area contributed by atoms with Crippen molar-refractivity contribution in [1.29, 1.82) is 0 Å². The molecule has 0 amide bonds. The molecule has 1 aliphatic rings. The molecule has 3 aromatic rings. The number of hydrogen-bond donors (Lipinski definition) is 2. The lowest BCUT2D eigenvalue weighted by atomic mass is 10.1. The van der Waals surface area contributed by atoms with Crippen LogP contribution in [0.4, 0.5) is 8.78 Å². The Kier molecular flexibility index (Phi) is 8.38. The van der Waals surface area contributed by atoms with E-state index in [2.05, 4.69) is 22.3 Å². The largest absolute Gasteiger partial charge is 0.457 e. The van der Waals surface area contributed by atoms with E-state index in [-0.39, 0.29) is 7.97 Å². The fraction of sp³-hybridized carbons (Fsp3) is 0.222. The van der Waals surface area contributed by atoms with Crippen molar-refractivity contribution in [1.82, 2.24) is 20.7 Å². The number of halogens is 2. The Morgan fingerprint density at radius 3 is 2.56 bits per heavy atom. The van der Waals surface area contributed by atoms with Crippen molar-refractivity contribution in [2.24, 2.45) is 0 Å². The van der Waals surface area contributed by atoms with E-state index in [9.17, 15) is 8.78 Å². The Balaban J connectivity index is 0.00000140. The predicted molar refractivity (Wildman–Crippen MR) is 135 cm³/mol. The van der Waals surface area contributed by atoms with Crippen LogP contribution in [0.2, 0.25) is 0 Å². The Morgan fingerprint density at radius 1 is 1.15 bits per heavy atom. The van der Waals surface area contributed by atoms with E-state index in [1.807, 2.05) is 69.4 Å². The van der Waals surface area contributed by atoms with Crippen molar-refractivity contribution < 1.29 is 14.9 Å². The van der Waals surface area contributed by atoms with Gasteiger partial charge < -0.3 is 15.1 Å². The number of pyridine rings is 1. The van der Waals surface area contributed by atoms with Crippen LogP contribution in [-0.2, 0) is 6.54 Å². The zero-order valence-corrected chi connectivity index (χ0v) is 20.0. The van der Waals surface area contributed by atoms with Crippen molar-refractivity contribution in [3.8, 4) is 11.5 Å². The number of nitrogens with zero attached hydrogens (tertiary/aromatic N) is 2. The lowest BCUT2D eigenvalue weighted by molar-refractivity contribution is 0.374. The second-order valence-corrected chi connectivity index (χ2v) is 7.67. The van der Waals surface area contributed by atoms with Crippen LogP contribution in [0.15, 0.2) is 67.5 Å². The molecular formula is C27H32F2N4O. The van der Waals surface area contributed by atoms with Crippen LogP contribution in [0, 0.1) is 18.6 Å². The first-order valence-electron chi connectivity index (χ1n) is 11.2. The minimum Gasteiger partial charge on any atom is -0.457 e. The first-order chi connectivity index (χ1) is 16.4. The second-order valence-electron chi connectivity index (χ2n) is 7.67. The molecule has 4 rings (SSSR count). The highest BCUT2D eigenvalue weighted by Crippen LogP contribution is 2.29. The quantitative estimate of drug-likeness (QED) is 0.429. The van der Waals surface area contributed by atoms with E-state index < -0.39 is 11.6 Å². The van der Waals surface area contributed by atoms with Gasteiger partial charge in [0.15, 0.2) is 0 Å². The smallest absolute Gasteiger partial charge is 0.131 e. The lowest BCUT2D eigenvalue weighted by Crippen LogP contribution is -2.23. The summed E-state index contributed by atoms with van der Waals surface area (Å²) < 4.78 is 33.0. The SMILES string of the molecule is C=C(NCc1cc(F)cc(F)c1)c1ccc(C)c(Oc2ccnc(C3=CN(C)NC3)c2)c1.CC.[HH]. The van der Waals surface area contributed by atoms with Crippen molar-refractivity contribution in [3.05, 3.63) is 102 Å². The zero-order chi connectivity index (χ0) is 24.7. The topological polar surface area (TPSA) is 49.4 Å². The van der Waals surface area contributed by atoms with Gasteiger partial charge in [-0.15, -0.1) is 0 Å². The third-order valence-electron chi connectivity index (χ3n) is 5.12. The summed E-state index contributed by atoms with van der Waals surface area (Å²) in [4.78, 5) is 4.44. The zero-order valence-electron chi connectivity index (χ0n) is 20.0. The Hall–Kier alpha value is -3.71. The van der Waals surface area contributed by atoms with Crippen LogP contribution in [0.3, 0.4) is 0 Å². The number of rotatable bonds is 7. The van der Waals surface area contributed by atoms with Gasteiger partial charge in [0.05, 0.1) is 5.69 Å². The van der Waals surface area contributed by atoms with Crippen LogP contribution in [0.1, 0.15) is 37.7 Å². The van der Waals surface area contributed by atoms with Crippen LogP contribution >= 0.6 is 0 Å². The molecule has 34 heavy (non-hydrogen) atoms. The molecule has 0 saturated carbocycles. The summed E-state index contributed by atoms with van der Waals surface area (Å²) in [7, 11) is 1.94. The number of aromatic nitrogens is 1. The van der Waals surface area contributed by atoms with E-state index >= 15 is 0 Å². The number of hydrazine groups is 1. The monoisotopic (exact) mass is 466 g/mol. The van der Waals surface area contributed by atoms with Gasteiger partial charge >= 0.3 is 0 Å². The van der Waals surface area contributed by atoms with E-state index in [0.29, 0.717) is 29.3 Å². The fourth-order valence-electron chi connectivity index (χ4n) is 3.39. The van der Waals surface area contributed by atoms with Crippen molar-refractivity contribution >= 4 is 11.3 Å². The molecule has 0 atom stereocenters. The molecule has 180 valence electrons.